The fourth-order valence-corrected chi connectivity index (χ4v) is 1.64. The van der Waals surface area contributed by atoms with Crippen LogP contribution in [0.25, 0.3) is 11.4 Å². The number of rotatable bonds is 1. The van der Waals surface area contributed by atoms with Gasteiger partial charge in [0.25, 0.3) is 0 Å². The second kappa shape index (κ2) is 5.32. The molecule has 0 radical (unpaired) electrons. The lowest BCUT2D eigenvalue weighted by Crippen LogP contribution is -1.88. The zero-order chi connectivity index (χ0) is 11.4. The average Bonchev–Trinajstić information content (AvgIpc) is 2.74. The highest BCUT2D eigenvalue weighted by Gasteiger charge is 2.02. The van der Waals surface area contributed by atoms with E-state index in [0.29, 0.717) is 5.82 Å². The molecule has 0 N–H and O–H groups in total. The Bertz CT molecular complexity index is 538. The average molecular weight is 342 g/mol. The number of hydrogen-bond donors (Lipinski definition) is 0. The van der Waals surface area contributed by atoms with Gasteiger partial charge in [-0.3, -0.25) is 4.68 Å². The maximum atomic E-state index is 4.24. The summed E-state index contributed by atoms with van der Waals surface area (Å²) >= 11 is 2.12. The number of hydrogen-bond acceptors (Lipinski definition) is 4. The van der Waals surface area contributed by atoms with Crippen LogP contribution in [0.15, 0.2) is 24.8 Å². The van der Waals surface area contributed by atoms with E-state index in [1.54, 1.807) is 23.3 Å². The number of halogens is 1. The Morgan fingerprint density at radius 2 is 2.06 bits per heavy atom. The molecule has 0 fully saturated rings. The van der Waals surface area contributed by atoms with Crippen molar-refractivity contribution in [3.8, 4) is 22.6 Å². The van der Waals surface area contributed by atoms with Gasteiger partial charge in [0.05, 0.1) is 17.3 Å². The molecule has 0 aliphatic heterocycles. The Morgan fingerprint density at radius 1 is 1.31 bits per heavy atom. The third-order valence-electron chi connectivity index (χ3n) is 1.85. The molecule has 4 nitrogen and oxygen atoms in total. The molecule has 0 saturated carbocycles. The third kappa shape index (κ3) is 2.74. The second-order valence-electron chi connectivity index (χ2n) is 3.00. The summed E-state index contributed by atoms with van der Waals surface area (Å²) in [5.41, 5.74) is 1.72. The second-order valence-corrected chi connectivity index (χ2v) is 4.68. The minimum atomic E-state index is 0.667. The predicted octanol–water partition coefficient (Wildman–Crippen LogP) is 2.27. The summed E-state index contributed by atoms with van der Waals surface area (Å²) in [6.07, 6.45) is 7.05. The Balaban J connectivity index is 2.25. The topological polar surface area (TPSA) is 43.6 Å². The molecule has 2 aromatic rings. The molecule has 0 atom stereocenters. The molecule has 2 rings (SSSR count). The van der Waals surface area contributed by atoms with Gasteiger partial charge in [0.2, 0.25) is 0 Å². The highest BCUT2D eigenvalue weighted by atomic mass is 127. The first-order valence-electron chi connectivity index (χ1n) is 4.39. The lowest BCUT2D eigenvalue weighted by atomic mass is 10.3. The molecule has 0 aliphatic rings. The van der Waals surface area contributed by atoms with E-state index in [0.717, 1.165) is 11.1 Å². The van der Waals surface area contributed by atoms with Crippen molar-refractivity contribution < 1.29 is 0 Å². The number of nitrogens with zero attached hydrogens (tertiary/aromatic N) is 4. The van der Waals surface area contributed by atoms with Crippen molar-refractivity contribution in [2.75, 3.05) is 0 Å². The minimum absolute atomic E-state index is 0.667. The predicted molar refractivity (Wildman–Crippen MR) is 72.7 cm³/mol. The summed E-state index contributed by atoms with van der Waals surface area (Å²) in [6, 6.07) is 0. The molecule has 0 aliphatic carbocycles. The molecule has 0 unspecified atom stereocenters. The van der Waals surface area contributed by atoms with Crippen molar-refractivity contribution in [1.82, 2.24) is 19.7 Å². The number of aryl methyl sites for hydroxylation is 1. The lowest BCUT2D eigenvalue weighted by molar-refractivity contribution is 0.768. The molecule has 0 amide bonds. The molecule has 0 spiro atoms. The molecule has 16 heavy (non-hydrogen) atoms. The monoisotopic (exact) mass is 342 g/mol. The first kappa shape index (κ1) is 11.4. The van der Waals surface area contributed by atoms with Crippen LogP contribution in [0.1, 0.15) is 5.56 Å². The van der Waals surface area contributed by atoms with Crippen molar-refractivity contribution in [3.63, 3.8) is 0 Å². The molecular formula is C10H7IN4S. The van der Waals surface area contributed by atoms with Crippen LogP contribution in [-0.2, 0) is 7.05 Å². The molecule has 80 valence electrons. The van der Waals surface area contributed by atoms with E-state index < -0.39 is 0 Å². The molecule has 0 saturated heterocycles. The summed E-state index contributed by atoms with van der Waals surface area (Å²) in [6.45, 7) is 0. The van der Waals surface area contributed by atoms with Crippen molar-refractivity contribution >= 4 is 30.1 Å². The van der Waals surface area contributed by atoms with E-state index in [9.17, 15) is 0 Å². The number of aromatic nitrogens is 4. The normalized spacial score (nSPS) is 9.62. The van der Waals surface area contributed by atoms with Crippen LogP contribution in [-0.4, -0.2) is 19.7 Å². The standard InChI is InChI=1S/C10H7IN4S/c1-15-7-9(6-14-15)10-12-4-8(5-13-10)2-3-16-11/h4-7H,1H3. The van der Waals surface area contributed by atoms with Crippen LogP contribution in [0.4, 0.5) is 0 Å². The van der Waals surface area contributed by atoms with E-state index in [4.69, 9.17) is 0 Å². The highest BCUT2D eigenvalue weighted by Crippen LogP contribution is 2.12. The summed E-state index contributed by atoms with van der Waals surface area (Å²) in [5.74, 6) is 3.61. The van der Waals surface area contributed by atoms with Crippen LogP contribution in [0.2, 0.25) is 0 Å². The van der Waals surface area contributed by atoms with E-state index >= 15 is 0 Å². The van der Waals surface area contributed by atoms with Gasteiger partial charge in [0.15, 0.2) is 5.82 Å². The molecular weight excluding hydrogens is 335 g/mol. The van der Waals surface area contributed by atoms with Crippen molar-refractivity contribution in [3.05, 3.63) is 30.4 Å². The van der Waals surface area contributed by atoms with Gasteiger partial charge in [-0.05, 0) is 14.2 Å². The van der Waals surface area contributed by atoms with E-state index in [2.05, 4.69) is 47.4 Å². The van der Waals surface area contributed by atoms with Crippen molar-refractivity contribution in [2.45, 2.75) is 0 Å². The fraction of sp³-hybridized carbons (Fsp3) is 0.100. The van der Waals surface area contributed by atoms with Crippen molar-refractivity contribution in [1.29, 1.82) is 0 Å². The van der Waals surface area contributed by atoms with Gasteiger partial charge in [0.1, 0.15) is 0 Å². The van der Waals surface area contributed by atoms with Gasteiger partial charge in [-0.2, -0.15) is 5.10 Å². The maximum Gasteiger partial charge on any atom is 0.162 e. The molecule has 2 aromatic heterocycles. The summed E-state index contributed by atoms with van der Waals surface area (Å²) in [4.78, 5) is 8.47. The quantitative estimate of drug-likeness (QED) is 0.589. The minimum Gasteiger partial charge on any atom is -0.275 e. The Hall–Kier alpha value is -1.07. The van der Waals surface area contributed by atoms with Crippen LogP contribution < -0.4 is 0 Å². The van der Waals surface area contributed by atoms with E-state index in [1.807, 2.05) is 13.2 Å². The van der Waals surface area contributed by atoms with Gasteiger partial charge in [-0.15, -0.1) is 0 Å². The van der Waals surface area contributed by atoms with E-state index in [1.165, 1.54) is 8.93 Å². The summed E-state index contributed by atoms with van der Waals surface area (Å²) in [5, 5.41) is 6.95. The van der Waals surface area contributed by atoms with E-state index in [-0.39, 0.29) is 0 Å². The Kier molecular flexibility index (Phi) is 3.79. The first-order chi connectivity index (χ1) is 7.79. The lowest BCUT2D eigenvalue weighted by Gasteiger charge is -1.94. The van der Waals surface area contributed by atoms with Gasteiger partial charge < -0.3 is 0 Å². The zero-order valence-electron chi connectivity index (χ0n) is 8.38. The third-order valence-corrected chi connectivity index (χ3v) is 2.69. The molecule has 0 bridgehead atoms. The van der Waals surface area contributed by atoms with Gasteiger partial charge >= 0.3 is 0 Å². The Labute approximate surface area is 109 Å². The van der Waals surface area contributed by atoms with Crippen LogP contribution >= 0.6 is 30.1 Å². The smallest absolute Gasteiger partial charge is 0.162 e. The largest absolute Gasteiger partial charge is 0.275 e. The zero-order valence-corrected chi connectivity index (χ0v) is 11.4. The van der Waals surface area contributed by atoms with Crippen LogP contribution in [0, 0.1) is 11.2 Å². The fourth-order valence-electron chi connectivity index (χ4n) is 1.16. The molecule has 2 heterocycles. The van der Waals surface area contributed by atoms with Crippen molar-refractivity contribution in [2.24, 2.45) is 7.05 Å². The summed E-state index contributed by atoms with van der Waals surface area (Å²) in [7, 11) is 3.30. The van der Waals surface area contributed by atoms with Crippen LogP contribution in [0.5, 0.6) is 0 Å². The SMILES string of the molecule is Cn1cc(-c2ncc(C#CSI)cn2)cn1. The van der Waals surface area contributed by atoms with Crippen LogP contribution in [0.3, 0.4) is 0 Å². The van der Waals surface area contributed by atoms with Gasteiger partial charge in [-0.1, -0.05) is 5.92 Å². The van der Waals surface area contributed by atoms with Gasteiger partial charge in [0, 0.05) is 46.8 Å². The van der Waals surface area contributed by atoms with Gasteiger partial charge in [-0.25, -0.2) is 9.97 Å². The summed E-state index contributed by atoms with van der Waals surface area (Å²) < 4.78 is 1.72. The molecule has 0 aromatic carbocycles. The first-order valence-corrected chi connectivity index (χ1v) is 7.75. The highest BCUT2D eigenvalue weighted by molar-refractivity contribution is 14.2. The molecule has 6 heteroatoms. The maximum absolute atomic E-state index is 4.24. The Morgan fingerprint density at radius 3 is 2.62 bits per heavy atom.